The Morgan fingerprint density at radius 2 is 2.00 bits per heavy atom. The van der Waals surface area contributed by atoms with Crippen LogP contribution in [0.3, 0.4) is 0 Å². The first-order valence-electron chi connectivity index (χ1n) is 11.8. The molecule has 1 atom stereocenters. The summed E-state index contributed by atoms with van der Waals surface area (Å²) >= 11 is 0. The van der Waals surface area contributed by atoms with Gasteiger partial charge in [0.2, 0.25) is 0 Å². The van der Waals surface area contributed by atoms with Crippen LogP contribution in [0, 0.1) is 0 Å². The number of hydrogen-bond acceptors (Lipinski definition) is 4. The minimum absolute atomic E-state index is 0.161. The molecule has 0 fully saturated rings. The Labute approximate surface area is 202 Å². The predicted octanol–water partition coefficient (Wildman–Crippen LogP) is 4.65. The van der Waals surface area contributed by atoms with Crippen LogP contribution >= 0.6 is 0 Å². The Morgan fingerprint density at radius 3 is 2.91 bits per heavy atom. The first-order chi connectivity index (χ1) is 17.2. The van der Waals surface area contributed by atoms with Gasteiger partial charge in [0.1, 0.15) is 5.75 Å². The third-order valence-corrected chi connectivity index (χ3v) is 6.66. The van der Waals surface area contributed by atoms with Gasteiger partial charge < -0.3 is 20.1 Å². The number of nitrogens with zero attached hydrogens (tertiary/aromatic N) is 1. The summed E-state index contributed by atoms with van der Waals surface area (Å²) in [5.74, 6) is 0.392. The molecule has 6 rings (SSSR count). The zero-order chi connectivity index (χ0) is 23.8. The zero-order valence-corrected chi connectivity index (χ0v) is 19.1. The molecule has 3 N–H and O–H groups in total. The van der Waals surface area contributed by atoms with Crippen LogP contribution < -0.4 is 10.1 Å². The number of aliphatic hydroxyl groups is 1. The number of carbonyl (C=O) groups excluding carboxylic acids is 1. The van der Waals surface area contributed by atoms with E-state index in [2.05, 4.69) is 27.4 Å². The van der Waals surface area contributed by atoms with Gasteiger partial charge in [-0.25, -0.2) is 0 Å². The number of nitrogens with one attached hydrogen (secondary N) is 2. The zero-order valence-electron chi connectivity index (χ0n) is 19.1. The van der Waals surface area contributed by atoms with Crippen molar-refractivity contribution in [1.29, 1.82) is 0 Å². The number of benzene rings is 3. The number of aromatic nitrogens is 2. The number of pyridine rings is 1. The molecule has 1 aliphatic heterocycles. The maximum atomic E-state index is 13.4. The van der Waals surface area contributed by atoms with Crippen LogP contribution in [0.25, 0.3) is 32.9 Å². The highest BCUT2D eigenvalue weighted by molar-refractivity contribution is 5.99. The number of para-hydroxylation sites is 1. The van der Waals surface area contributed by atoms with E-state index in [1.165, 1.54) is 0 Å². The fourth-order valence-electron chi connectivity index (χ4n) is 4.89. The molecule has 0 bridgehead atoms. The van der Waals surface area contributed by atoms with Crippen molar-refractivity contribution in [3.63, 3.8) is 0 Å². The summed E-state index contributed by atoms with van der Waals surface area (Å²) in [6.45, 7) is 0.394. The second kappa shape index (κ2) is 8.89. The Morgan fingerprint density at radius 1 is 1.09 bits per heavy atom. The normalized spacial score (nSPS) is 13.5. The van der Waals surface area contributed by atoms with Crippen LogP contribution in [0.2, 0.25) is 0 Å². The number of ether oxygens (including phenoxy) is 1. The molecule has 0 aliphatic carbocycles. The molecule has 35 heavy (non-hydrogen) atoms. The summed E-state index contributed by atoms with van der Waals surface area (Å²) < 4.78 is 5.85. The topological polar surface area (TPSA) is 87.2 Å². The van der Waals surface area contributed by atoms with E-state index in [1.54, 1.807) is 6.20 Å². The first-order valence-corrected chi connectivity index (χ1v) is 11.8. The molecule has 0 unspecified atom stereocenters. The van der Waals surface area contributed by atoms with Crippen molar-refractivity contribution in [2.45, 2.75) is 18.9 Å². The molecule has 0 saturated heterocycles. The largest absolute Gasteiger partial charge is 0.492 e. The molecule has 174 valence electrons. The van der Waals surface area contributed by atoms with Gasteiger partial charge in [-0.15, -0.1) is 0 Å². The number of H-pyrrole nitrogens is 1. The molecule has 1 aliphatic rings. The van der Waals surface area contributed by atoms with E-state index in [-0.39, 0.29) is 12.5 Å². The molecule has 0 spiro atoms. The molecular weight excluding hydrogens is 438 g/mol. The Kier molecular flexibility index (Phi) is 5.43. The summed E-state index contributed by atoms with van der Waals surface area (Å²) in [5, 5.41) is 15.2. The molecule has 1 amide bonds. The van der Waals surface area contributed by atoms with Crippen molar-refractivity contribution in [2.24, 2.45) is 0 Å². The quantitative estimate of drug-likeness (QED) is 0.342. The molecule has 3 aromatic carbocycles. The van der Waals surface area contributed by atoms with E-state index in [1.807, 2.05) is 60.8 Å². The number of amides is 1. The SMILES string of the molecule is O=C(N[C@@H](CO)Cc1c[nH]c2ccccc12)c1cc(-c2ccc3ncccc3c2)cc2c1OCC2. The monoisotopic (exact) mass is 463 g/mol. The van der Waals surface area contributed by atoms with Gasteiger partial charge in [0.15, 0.2) is 0 Å². The summed E-state index contributed by atoms with van der Waals surface area (Å²) in [6, 6.07) is 21.7. The van der Waals surface area contributed by atoms with Crippen LogP contribution in [0.1, 0.15) is 21.5 Å². The van der Waals surface area contributed by atoms with E-state index < -0.39 is 6.04 Å². The molecule has 6 heteroatoms. The summed E-state index contributed by atoms with van der Waals surface area (Å²) in [7, 11) is 0. The molecule has 6 nitrogen and oxygen atoms in total. The van der Waals surface area contributed by atoms with Gasteiger partial charge in [-0.1, -0.05) is 30.3 Å². The van der Waals surface area contributed by atoms with Gasteiger partial charge in [-0.05, 0) is 65.1 Å². The van der Waals surface area contributed by atoms with Crippen LogP contribution in [0.15, 0.2) is 79.1 Å². The van der Waals surface area contributed by atoms with E-state index in [0.717, 1.165) is 50.5 Å². The van der Waals surface area contributed by atoms with E-state index in [4.69, 9.17) is 4.74 Å². The highest BCUT2D eigenvalue weighted by Crippen LogP contribution is 2.35. The van der Waals surface area contributed by atoms with Crippen LogP contribution in [-0.4, -0.2) is 40.2 Å². The highest BCUT2D eigenvalue weighted by atomic mass is 16.5. The van der Waals surface area contributed by atoms with Crippen molar-refractivity contribution < 1.29 is 14.6 Å². The van der Waals surface area contributed by atoms with Crippen LogP contribution in [-0.2, 0) is 12.8 Å². The minimum Gasteiger partial charge on any atom is -0.492 e. The lowest BCUT2D eigenvalue weighted by Gasteiger charge is -2.18. The Hall–Kier alpha value is -4.16. The Balaban J connectivity index is 1.31. The minimum atomic E-state index is -0.422. The maximum Gasteiger partial charge on any atom is 0.255 e. The molecule has 5 aromatic rings. The van der Waals surface area contributed by atoms with Gasteiger partial charge in [0, 0.05) is 35.1 Å². The lowest BCUT2D eigenvalue weighted by molar-refractivity contribution is 0.0913. The first kappa shape index (κ1) is 21.4. The summed E-state index contributed by atoms with van der Waals surface area (Å²) in [5.41, 5.74) is 6.53. The number of aliphatic hydroxyl groups excluding tert-OH is 1. The smallest absolute Gasteiger partial charge is 0.255 e. The van der Waals surface area contributed by atoms with Gasteiger partial charge in [0.25, 0.3) is 5.91 Å². The average Bonchev–Trinajstić information content (AvgIpc) is 3.54. The number of fused-ring (bicyclic) bond motifs is 3. The van der Waals surface area contributed by atoms with Gasteiger partial charge in [0.05, 0.1) is 30.3 Å². The number of rotatable bonds is 6. The van der Waals surface area contributed by atoms with E-state index >= 15 is 0 Å². The summed E-state index contributed by atoms with van der Waals surface area (Å²) in [6.07, 6.45) is 5.00. The standard InChI is InChI=1S/C29H25N3O3/c33-17-23(14-22-16-31-27-6-2-1-5-24(22)27)32-29(34)25-15-21(13-20-9-11-35-28(20)25)18-7-8-26-19(12-18)4-3-10-30-26/h1-8,10,12-13,15-16,23,31,33H,9,11,14,17H2,(H,32,34)/t23-/m1/s1. The Bertz CT molecular complexity index is 1560. The van der Waals surface area contributed by atoms with Crippen molar-refractivity contribution in [2.75, 3.05) is 13.2 Å². The van der Waals surface area contributed by atoms with E-state index in [0.29, 0.717) is 24.3 Å². The maximum absolute atomic E-state index is 13.4. The highest BCUT2D eigenvalue weighted by Gasteiger charge is 2.24. The lowest BCUT2D eigenvalue weighted by Crippen LogP contribution is -2.39. The molecule has 0 saturated carbocycles. The second-order valence-corrected chi connectivity index (χ2v) is 8.94. The molecular formula is C29H25N3O3. The fourth-order valence-corrected chi connectivity index (χ4v) is 4.89. The predicted molar refractivity (Wildman–Crippen MR) is 137 cm³/mol. The third kappa shape index (κ3) is 4.02. The molecule has 2 aromatic heterocycles. The van der Waals surface area contributed by atoms with Gasteiger partial charge in [-0.3, -0.25) is 9.78 Å². The third-order valence-electron chi connectivity index (χ3n) is 6.66. The van der Waals surface area contributed by atoms with E-state index in [9.17, 15) is 9.90 Å². The van der Waals surface area contributed by atoms with Gasteiger partial charge in [-0.2, -0.15) is 0 Å². The van der Waals surface area contributed by atoms with Crippen LogP contribution in [0.5, 0.6) is 5.75 Å². The number of hydrogen-bond donors (Lipinski definition) is 3. The fraction of sp³-hybridized carbons (Fsp3) is 0.172. The lowest BCUT2D eigenvalue weighted by atomic mass is 9.96. The summed E-state index contributed by atoms with van der Waals surface area (Å²) in [4.78, 5) is 21.1. The van der Waals surface area contributed by atoms with Crippen molar-refractivity contribution in [3.05, 3.63) is 95.8 Å². The van der Waals surface area contributed by atoms with Crippen molar-refractivity contribution in [1.82, 2.24) is 15.3 Å². The number of carbonyl (C=O) groups is 1. The molecule has 3 heterocycles. The second-order valence-electron chi connectivity index (χ2n) is 8.94. The average molecular weight is 464 g/mol. The molecule has 0 radical (unpaired) electrons. The van der Waals surface area contributed by atoms with Crippen LogP contribution in [0.4, 0.5) is 0 Å². The van der Waals surface area contributed by atoms with Gasteiger partial charge >= 0.3 is 0 Å². The number of aromatic amines is 1. The van der Waals surface area contributed by atoms with Crippen molar-refractivity contribution >= 4 is 27.7 Å². The van der Waals surface area contributed by atoms with Crippen molar-refractivity contribution in [3.8, 4) is 16.9 Å².